The summed E-state index contributed by atoms with van der Waals surface area (Å²) in [5, 5.41) is 3.26. The van der Waals surface area contributed by atoms with Crippen molar-refractivity contribution in [3.05, 3.63) is 77.5 Å². The zero-order valence-electron chi connectivity index (χ0n) is 14.9. The summed E-state index contributed by atoms with van der Waals surface area (Å²) in [5.74, 6) is 0.650. The van der Waals surface area contributed by atoms with Crippen molar-refractivity contribution in [3.8, 4) is 0 Å². The largest absolute Gasteiger partial charge is 0.340 e. The van der Waals surface area contributed by atoms with Crippen molar-refractivity contribution in [1.82, 2.24) is 4.98 Å². The van der Waals surface area contributed by atoms with E-state index in [0.717, 1.165) is 16.8 Å². The van der Waals surface area contributed by atoms with Crippen molar-refractivity contribution in [2.24, 2.45) is 0 Å². The molecule has 26 heavy (non-hydrogen) atoms. The van der Waals surface area contributed by atoms with E-state index in [-0.39, 0.29) is 4.90 Å². The molecule has 6 heteroatoms. The molecule has 0 unspecified atom stereocenters. The minimum atomic E-state index is -3.64. The normalized spacial score (nSPS) is 11.2. The standard InChI is InChI=1S/C20H21N3O2S/c1-14-8-9-15(2)18(12-14)22-20-11-10-17(13-21-20)23-26(24,25)19-7-5-4-6-16(19)3/h4-13,23H,1-3H3,(H,21,22). The monoisotopic (exact) mass is 367 g/mol. The van der Waals surface area contributed by atoms with Crippen LogP contribution in [0.1, 0.15) is 16.7 Å². The predicted molar refractivity (Wildman–Crippen MR) is 105 cm³/mol. The van der Waals surface area contributed by atoms with Gasteiger partial charge in [0.25, 0.3) is 10.0 Å². The Morgan fingerprint density at radius 2 is 1.65 bits per heavy atom. The highest BCUT2D eigenvalue weighted by Gasteiger charge is 2.16. The van der Waals surface area contributed by atoms with Crippen molar-refractivity contribution in [2.45, 2.75) is 25.7 Å². The fourth-order valence-electron chi connectivity index (χ4n) is 2.60. The van der Waals surface area contributed by atoms with Crippen molar-refractivity contribution in [1.29, 1.82) is 0 Å². The number of pyridine rings is 1. The SMILES string of the molecule is Cc1ccc(C)c(Nc2ccc(NS(=O)(=O)c3ccccc3C)cn2)c1. The maximum atomic E-state index is 12.5. The molecule has 0 aliphatic heterocycles. The Balaban J connectivity index is 1.78. The first-order chi connectivity index (χ1) is 12.3. The van der Waals surface area contributed by atoms with Crippen LogP contribution in [0.15, 0.2) is 65.7 Å². The van der Waals surface area contributed by atoms with Gasteiger partial charge in [0.15, 0.2) is 0 Å². The number of hydrogen-bond donors (Lipinski definition) is 2. The van der Waals surface area contributed by atoms with E-state index < -0.39 is 10.0 Å². The minimum absolute atomic E-state index is 0.262. The topological polar surface area (TPSA) is 71.1 Å². The van der Waals surface area contributed by atoms with Crippen LogP contribution in [0.2, 0.25) is 0 Å². The molecule has 0 atom stereocenters. The van der Waals surface area contributed by atoms with E-state index >= 15 is 0 Å². The number of benzene rings is 2. The van der Waals surface area contributed by atoms with E-state index in [0.29, 0.717) is 17.1 Å². The van der Waals surface area contributed by atoms with Crippen LogP contribution in [-0.2, 0) is 10.0 Å². The van der Waals surface area contributed by atoms with Crippen LogP contribution in [0.5, 0.6) is 0 Å². The van der Waals surface area contributed by atoms with E-state index in [2.05, 4.69) is 21.1 Å². The summed E-state index contributed by atoms with van der Waals surface area (Å²) < 4.78 is 27.6. The number of aryl methyl sites for hydroxylation is 3. The van der Waals surface area contributed by atoms with Crippen LogP contribution in [0, 0.1) is 20.8 Å². The molecule has 0 aliphatic carbocycles. The van der Waals surface area contributed by atoms with Crippen LogP contribution in [0.3, 0.4) is 0 Å². The van der Waals surface area contributed by atoms with Crippen LogP contribution in [0.25, 0.3) is 0 Å². The van der Waals surface area contributed by atoms with Gasteiger partial charge >= 0.3 is 0 Å². The van der Waals surface area contributed by atoms with Crippen LogP contribution < -0.4 is 10.0 Å². The molecule has 0 bridgehead atoms. The number of nitrogens with one attached hydrogen (secondary N) is 2. The molecule has 0 saturated heterocycles. The lowest BCUT2D eigenvalue weighted by molar-refractivity contribution is 0.600. The average molecular weight is 367 g/mol. The van der Waals surface area contributed by atoms with E-state index in [4.69, 9.17) is 0 Å². The molecule has 1 heterocycles. The van der Waals surface area contributed by atoms with Gasteiger partial charge in [0.2, 0.25) is 0 Å². The third-order valence-corrected chi connectivity index (χ3v) is 5.60. The van der Waals surface area contributed by atoms with Crippen molar-refractivity contribution in [2.75, 3.05) is 10.0 Å². The predicted octanol–water partition coefficient (Wildman–Crippen LogP) is 4.55. The third-order valence-electron chi connectivity index (χ3n) is 4.05. The maximum absolute atomic E-state index is 12.5. The molecule has 0 fully saturated rings. The fraction of sp³-hybridized carbons (Fsp3) is 0.150. The van der Waals surface area contributed by atoms with Gasteiger partial charge in [-0.15, -0.1) is 0 Å². The molecular weight excluding hydrogens is 346 g/mol. The Kier molecular flexibility index (Phi) is 4.95. The number of anilines is 3. The van der Waals surface area contributed by atoms with Gasteiger partial charge in [-0.2, -0.15) is 0 Å². The van der Waals surface area contributed by atoms with Gasteiger partial charge in [-0.05, 0) is 61.7 Å². The first kappa shape index (κ1) is 17.9. The molecule has 2 aromatic carbocycles. The van der Waals surface area contributed by atoms with Gasteiger partial charge in [-0.25, -0.2) is 13.4 Å². The summed E-state index contributed by atoms with van der Waals surface area (Å²) in [7, 11) is -3.64. The summed E-state index contributed by atoms with van der Waals surface area (Å²) in [5.41, 5.74) is 4.36. The van der Waals surface area contributed by atoms with Gasteiger partial charge in [0, 0.05) is 5.69 Å². The molecule has 0 spiro atoms. The fourth-order valence-corrected chi connectivity index (χ4v) is 3.90. The lowest BCUT2D eigenvalue weighted by atomic mass is 10.1. The summed E-state index contributed by atoms with van der Waals surface area (Å²) in [6.07, 6.45) is 1.50. The number of rotatable bonds is 5. The molecule has 0 aliphatic rings. The Bertz CT molecular complexity index is 1030. The Hall–Kier alpha value is -2.86. The number of nitrogens with zero attached hydrogens (tertiary/aromatic N) is 1. The van der Waals surface area contributed by atoms with Crippen LogP contribution in [-0.4, -0.2) is 13.4 Å². The average Bonchev–Trinajstić information content (AvgIpc) is 2.60. The molecule has 0 radical (unpaired) electrons. The highest BCUT2D eigenvalue weighted by molar-refractivity contribution is 7.92. The number of sulfonamides is 1. The first-order valence-corrected chi connectivity index (χ1v) is 9.72. The second-order valence-corrected chi connectivity index (χ2v) is 7.90. The van der Waals surface area contributed by atoms with Crippen LogP contribution in [0.4, 0.5) is 17.2 Å². The minimum Gasteiger partial charge on any atom is -0.340 e. The summed E-state index contributed by atoms with van der Waals surface area (Å²) >= 11 is 0. The highest BCUT2D eigenvalue weighted by Crippen LogP contribution is 2.23. The summed E-state index contributed by atoms with van der Waals surface area (Å²) in [6.45, 7) is 5.82. The number of hydrogen-bond acceptors (Lipinski definition) is 4. The van der Waals surface area contributed by atoms with E-state index in [9.17, 15) is 8.42 Å². The van der Waals surface area contributed by atoms with Crippen molar-refractivity contribution >= 4 is 27.2 Å². The smallest absolute Gasteiger partial charge is 0.262 e. The summed E-state index contributed by atoms with van der Waals surface area (Å²) in [4.78, 5) is 4.57. The molecule has 0 saturated carbocycles. The lowest BCUT2D eigenvalue weighted by Gasteiger charge is -2.12. The van der Waals surface area contributed by atoms with E-state index in [1.807, 2.05) is 32.0 Å². The van der Waals surface area contributed by atoms with E-state index in [1.54, 1.807) is 37.3 Å². The molecule has 1 aromatic heterocycles. The van der Waals surface area contributed by atoms with Gasteiger partial charge in [-0.3, -0.25) is 4.72 Å². The molecular formula is C20H21N3O2S. The van der Waals surface area contributed by atoms with Gasteiger partial charge < -0.3 is 5.32 Å². The molecule has 3 aromatic rings. The quantitative estimate of drug-likeness (QED) is 0.694. The maximum Gasteiger partial charge on any atom is 0.262 e. The molecule has 3 rings (SSSR count). The Labute approximate surface area is 154 Å². The van der Waals surface area contributed by atoms with E-state index in [1.165, 1.54) is 6.20 Å². The van der Waals surface area contributed by atoms with Crippen molar-refractivity contribution < 1.29 is 8.42 Å². The molecule has 2 N–H and O–H groups in total. The molecule has 5 nitrogen and oxygen atoms in total. The Morgan fingerprint density at radius 3 is 2.35 bits per heavy atom. The number of aromatic nitrogens is 1. The first-order valence-electron chi connectivity index (χ1n) is 8.24. The highest BCUT2D eigenvalue weighted by atomic mass is 32.2. The second kappa shape index (κ2) is 7.17. The van der Waals surface area contributed by atoms with Crippen molar-refractivity contribution in [3.63, 3.8) is 0 Å². The third kappa shape index (κ3) is 4.03. The lowest BCUT2D eigenvalue weighted by Crippen LogP contribution is -2.14. The summed E-state index contributed by atoms with van der Waals surface area (Å²) in [6, 6.07) is 16.4. The molecule has 0 amide bonds. The molecule has 134 valence electrons. The van der Waals surface area contributed by atoms with Crippen LogP contribution >= 0.6 is 0 Å². The van der Waals surface area contributed by atoms with Gasteiger partial charge in [0.1, 0.15) is 5.82 Å². The second-order valence-electron chi connectivity index (χ2n) is 6.25. The van der Waals surface area contributed by atoms with Gasteiger partial charge in [0.05, 0.1) is 16.8 Å². The van der Waals surface area contributed by atoms with Gasteiger partial charge in [-0.1, -0.05) is 30.3 Å². The zero-order chi connectivity index (χ0) is 18.7. The zero-order valence-corrected chi connectivity index (χ0v) is 15.8. The Morgan fingerprint density at radius 1 is 0.885 bits per heavy atom.